The fourth-order valence-electron chi connectivity index (χ4n) is 3.94. The lowest BCUT2D eigenvalue weighted by Crippen LogP contribution is -2.30. The molecule has 146 valence electrons. The van der Waals surface area contributed by atoms with Crippen molar-refractivity contribution in [3.8, 4) is 11.5 Å². The van der Waals surface area contributed by atoms with Crippen LogP contribution in [0.4, 0.5) is 8.78 Å². The molecule has 6 heteroatoms. The van der Waals surface area contributed by atoms with E-state index in [9.17, 15) is 13.9 Å². The van der Waals surface area contributed by atoms with Crippen molar-refractivity contribution in [3.63, 3.8) is 0 Å². The predicted molar refractivity (Wildman–Crippen MR) is 102 cm³/mol. The molecule has 1 aliphatic rings. The quantitative estimate of drug-likeness (QED) is 0.721. The summed E-state index contributed by atoms with van der Waals surface area (Å²) in [7, 11) is 1.51. The maximum Gasteiger partial charge on any atom is 0.160 e. The standard InChI is InChI=1S/C22H22F2N2O2/c1-28-21-8-6-15(12-20(21)27)22-19-4-2-9-25(19)10-3-11-26(22)14-16-5-7-17(23)13-18(16)24/h2,4-9,12-13,22,27H,3,10-11,14H2,1H3. The molecule has 28 heavy (non-hydrogen) atoms. The van der Waals surface area contributed by atoms with E-state index in [4.69, 9.17) is 4.74 Å². The molecule has 4 rings (SSSR count). The second kappa shape index (κ2) is 7.64. The van der Waals surface area contributed by atoms with Gasteiger partial charge in [-0.2, -0.15) is 0 Å². The molecular formula is C22H22F2N2O2. The molecular weight excluding hydrogens is 362 g/mol. The SMILES string of the molecule is COc1ccc(C2c3cccn3CCCN2Cc2ccc(F)cc2F)cc1O. The van der Waals surface area contributed by atoms with E-state index in [2.05, 4.69) is 9.47 Å². The zero-order valence-electron chi connectivity index (χ0n) is 15.6. The van der Waals surface area contributed by atoms with Crippen molar-refractivity contribution in [1.29, 1.82) is 0 Å². The van der Waals surface area contributed by atoms with Crippen LogP contribution in [-0.2, 0) is 13.1 Å². The van der Waals surface area contributed by atoms with Crippen LogP contribution in [-0.4, -0.2) is 28.2 Å². The predicted octanol–water partition coefficient (Wildman–Crippen LogP) is 4.48. The number of benzene rings is 2. The van der Waals surface area contributed by atoms with Gasteiger partial charge in [0.2, 0.25) is 0 Å². The molecule has 1 aliphatic heterocycles. The second-order valence-corrected chi connectivity index (χ2v) is 7.02. The van der Waals surface area contributed by atoms with Crippen LogP contribution in [0.25, 0.3) is 0 Å². The summed E-state index contributed by atoms with van der Waals surface area (Å²) in [5.74, 6) is -0.655. The second-order valence-electron chi connectivity index (χ2n) is 7.02. The molecule has 0 aliphatic carbocycles. The third-order valence-electron chi connectivity index (χ3n) is 5.26. The topological polar surface area (TPSA) is 37.6 Å². The first kappa shape index (κ1) is 18.5. The van der Waals surface area contributed by atoms with Crippen molar-refractivity contribution in [2.75, 3.05) is 13.7 Å². The van der Waals surface area contributed by atoms with E-state index in [1.54, 1.807) is 12.1 Å². The fourth-order valence-corrected chi connectivity index (χ4v) is 3.94. The maximum atomic E-state index is 14.3. The van der Waals surface area contributed by atoms with Gasteiger partial charge in [0.25, 0.3) is 0 Å². The molecule has 1 aromatic heterocycles. The lowest BCUT2D eigenvalue weighted by molar-refractivity contribution is 0.217. The minimum Gasteiger partial charge on any atom is -0.504 e. The van der Waals surface area contributed by atoms with E-state index in [0.717, 1.165) is 36.8 Å². The van der Waals surface area contributed by atoms with Crippen LogP contribution in [0.15, 0.2) is 54.7 Å². The van der Waals surface area contributed by atoms with Gasteiger partial charge in [-0.05, 0) is 42.3 Å². The highest BCUT2D eigenvalue weighted by Gasteiger charge is 2.28. The lowest BCUT2D eigenvalue weighted by atomic mass is 10.00. The highest BCUT2D eigenvalue weighted by molar-refractivity contribution is 5.44. The molecule has 0 radical (unpaired) electrons. The van der Waals surface area contributed by atoms with Gasteiger partial charge in [0, 0.05) is 43.2 Å². The number of halogens is 2. The van der Waals surface area contributed by atoms with Crippen molar-refractivity contribution >= 4 is 0 Å². The van der Waals surface area contributed by atoms with Crippen molar-refractivity contribution in [1.82, 2.24) is 9.47 Å². The summed E-state index contributed by atoms with van der Waals surface area (Å²) in [6.07, 6.45) is 2.94. The van der Waals surface area contributed by atoms with Gasteiger partial charge in [-0.3, -0.25) is 4.90 Å². The van der Waals surface area contributed by atoms with E-state index in [0.29, 0.717) is 17.9 Å². The third-order valence-corrected chi connectivity index (χ3v) is 5.26. The van der Waals surface area contributed by atoms with E-state index in [1.165, 1.54) is 19.2 Å². The average Bonchev–Trinajstić information content (AvgIpc) is 3.05. The number of rotatable bonds is 4. The van der Waals surface area contributed by atoms with E-state index in [1.807, 2.05) is 24.4 Å². The number of ether oxygens (including phenoxy) is 1. The number of aromatic hydroxyl groups is 1. The number of aryl methyl sites for hydroxylation is 1. The molecule has 0 amide bonds. The van der Waals surface area contributed by atoms with Gasteiger partial charge in [0.1, 0.15) is 11.6 Å². The molecule has 0 fully saturated rings. The van der Waals surface area contributed by atoms with Gasteiger partial charge in [0.05, 0.1) is 13.2 Å². The third kappa shape index (κ3) is 3.47. The Labute approximate surface area is 162 Å². The molecule has 0 bridgehead atoms. The van der Waals surface area contributed by atoms with Crippen LogP contribution in [0.5, 0.6) is 11.5 Å². The largest absolute Gasteiger partial charge is 0.504 e. The Morgan fingerprint density at radius 3 is 2.71 bits per heavy atom. The number of nitrogens with zero attached hydrogens (tertiary/aromatic N) is 2. The lowest BCUT2D eigenvalue weighted by Gasteiger charge is -2.31. The van der Waals surface area contributed by atoms with E-state index in [-0.39, 0.29) is 11.8 Å². The smallest absolute Gasteiger partial charge is 0.160 e. The van der Waals surface area contributed by atoms with Gasteiger partial charge in [-0.15, -0.1) is 0 Å². The molecule has 0 spiro atoms. The van der Waals surface area contributed by atoms with Gasteiger partial charge in [-0.25, -0.2) is 8.78 Å². The number of phenols is 1. The first-order valence-corrected chi connectivity index (χ1v) is 9.26. The summed E-state index contributed by atoms with van der Waals surface area (Å²) in [6.45, 7) is 1.95. The van der Waals surface area contributed by atoms with Crippen LogP contribution in [0.1, 0.15) is 29.3 Å². The fraction of sp³-hybridized carbons (Fsp3) is 0.273. The Hall–Kier alpha value is -2.86. The highest BCUT2D eigenvalue weighted by Crippen LogP contribution is 2.37. The summed E-state index contributed by atoms with van der Waals surface area (Å²) < 4.78 is 35.0. The summed E-state index contributed by atoms with van der Waals surface area (Å²) in [4.78, 5) is 2.16. The highest BCUT2D eigenvalue weighted by atomic mass is 19.1. The molecule has 2 aromatic carbocycles. The average molecular weight is 384 g/mol. The van der Waals surface area contributed by atoms with Gasteiger partial charge >= 0.3 is 0 Å². The summed E-state index contributed by atoms with van der Waals surface area (Å²) in [5.41, 5.74) is 2.41. The van der Waals surface area contributed by atoms with Crippen LogP contribution >= 0.6 is 0 Å². The summed E-state index contributed by atoms with van der Waals surface area (Å²) in [6, 6.07) is 12.9. The van der Waals surface area contributed by atoms with Gasteiger partial charge < -0.3 is 14.4 Å². The van der Waals surface area contributed by atoms with Crippen molar-refractivity contribution in [3.05, 3.63) is 83.2 Å². The minimum atomic E-state index is -0.581. The Morgan fingerprint density at radius 1 is 1.11 bits per heavy atom. The first-order valence-electron chi connectivity index (χ1n) is 9.26. The van der Waals surface area contributed by atoms with Crippen LogP contribution in [0.3, 0.4) is 0 Å². The number of aromatic nitrogens is 1. The Kier molecular flexibility index (Phi) is 5.05. The van der Waals surface area contributed by atoms with Crippen LogP contribution in [0, 0.1) is 11.6 Å². The number of hydrogen-bond donors (Lipinski definition) is 1. The van der Waals surface area contributed by atoms with Crippen molar-refractivity contribution < 1.29 is 18.6 Å². The molecule has 2 heterocycles. The molecule has 1 atom stereocenters. The molecule has 3 aromatic rings. The molecule has 0 saturated carbocycles. The number of fused-ring (bicyclic) bond motifs is 1. The maximum absolute atomic E-state index is 14.3. The monoisotopic (exact) mass is 384 g/mol. The Morgan fingerprint density at radius 2 is 1.96 bits per heavy atom. The zero-order valence-corrected chi connectivity index (χ0v) is 15.6. The van der Waals surface area contributed by atoms with Gasteiger partial charge in [-0.1, -0.05) is 12.1 Å². The number of methoxy groups -OCH3 is 1. The molecule has 1 unspecified atom stereocenters. The van der Waals surface area contributed by atoms with E-state index >= 15 is 0 Å². The first-order chi connectivity index (χ1) is 13.6. The molecule has 4 nitrogen and oxygen atoms in total. The molecule has 0 saturated heterocycles. The number of phenolic OH excluding ortho intramolecular Hbond substituents is 1. The molecule has 1 N–H and O–H groups in total. The van der Waals surface area contributed by atoms with Crippen LogP contribution < -0.4 is 4.74 Å². The van der Waals surface area contributed by atoms with Crippen molar-refractivity contribution in [2.24, 2.45) is 0 Å². The van der Waals surface area contributed by atoms with Crippen LogP contribution in [0.2, 0.25) is 0 Å². The van der Waals surface area contributed by atoms with Gasteiger partial charge in [0.15, 0.2) is 11.5 Å². The Balaban J connectivity index is 1.76. The van der Waals surface area contributed by atoms with Crippen molar-refractivity contribution in [2.45, 2.75) is 25.6 Å². The normalized spacial score (nSPS) is 17.2. The minimum absolute atomic E-state index is 0.0651. The van der Waals surface area contributed by atoms with E-state index < -0.39 is 11.6 Å². The Bertz CT molecular complexity index is 986. The summed E-state index contributed by atoms with van der Waals surface area (Å²) in [5, 5.41) is 10.3. The zero-order chi connectivity index (χ0) is 19.7. The number of hydrogen-bond acceptors (Lipinski definition) is 3. The summed E-state index contributed by atoms with van der Waals surface area (Å²) >= 11 is 0.